The normalized spacial score (nSPS) is 13.1. The van der Waals surface area contributed by atoms with Crippen molar-refractivity contribution in [1.29, 1.82) is 0 Å². The highest BCUT2D eigenvalue weighted by Gasteiger charge is 2.29. The monoisotopic (exact) mass is 303 g/mol. The van der Waals surface area contributed by atoms with Gasteiger partial charge in [0.05, 0.1) is 16.9 Å². The Morgan fingerprint density at radius 3 is 2.40 bits per heavy atom. The van der Waals surface area contributed by atoms with Crippen molar-refractivity contribution >= 4 is 11.6 Å². The Balaban J connectivity index is 3.04. The lowest BCUT2D eigenvalue weighted by molar-refractivity contribution is -0.156. The van der Waals surface area contributed by atoms with Crippen molar-refractivity contribution in [3.63, 3.8) is 0 Å². The van der Waals surface area contributed by atoms with E-state index >= 15 is 0 Å². The molecule has 116 valence electrons. The molecule has 20 heavy (non-hydrogen) atoms. The highest BCUT2D eigenvalue weighted by atomic mass is 35.5. The molecule has 0 aliphatic rings. The van der Waals surface area contributed by atoms with Gasteiger partial charge in [-0.05, 0) is 33.7 Å². The van der Waals surface area contributed by atoms with Gasteiger partial charge in [-0.3, -0.25) is 4.68 Å². The van der Waals surface area contributed by atoms with E-state index in [4.69, 9.17) is 21.1 Å². The maximum atomic E-state index is 6.31. The van der Waals surface area contributed by atoms with Gasteiger partial charge in [-0.15, -0.1) is 0 Å². The molecule has 1 aromatic heterocycles. The van der Waals surface area contributed by atoms with Gasteiger partial charge in [0.25, 0.3) is 0 Å². The Labute approximate surface area is 126 Å². The molecule has 0 spiro atoms. The van der Waals surface area contributed by atoms with Crippen LogP contribution in [0.3, 0.4) is 0 Å². The van der Waals surface area contributed by atoms with Crippen LogP contribution in [-0.2, 0) is 16.0 Å². The van der Waals surface area contributed by atoms with Crippen LogP contribution in [-0.4, -0.2) is 35.8 Å². The van der Waals surface area contributed by atoms with Crippen molar-refractivity contribution in [2.24, 2.45) is 0 Å². The molecule has 5 nitrogen and oxygen atoms in total. The predicted octanol–water partition coefficient (Wildman–Crippen LogP) is 3.00. The van der Waals surface area contributed by atoms with Crippen molar-refractivity contribution < 1.29 is 9.47 Å². The fraction of sp³-hybridized carbons (Fsp3) is 0.786. The van der Waals surface area contributed by atoms with Crippen LogP contribution in [0.4, 0.5) is 0 Å². The lowest BCUT2D eigenvalue weighted by atomic mass is 10.2. The van der Waals surface area contributed by atoms with Crippen LogP contribution in [0.15, 0.2) is 6.20 Å². The van der Waals surface area contributed by atoms with Gasteiger partial charge in [0.1, 0.15) is 6.04 Å². The summed E-state index contributed by atoms with van der Waals surface area (Å²) in [6, 6.07) is -0.121. The molecule has 0 radical (unpaired) electrons. The number of nitrogens with zero attached hydrogens (tertiary/aromatic N) is 2. The van der Waals surface area contributed by atoms with E-state index in [1.54, 1.807) is 6.20 Å². The second kappa shape index (κ2) is 9.34. The van der Waals surface area contributed by atoms with Gasteiger partial charge in [0.15, 0.2) is 6.29 Å². The fourth-order valence-corrected chi connectivity index (χ4v) is 2.38. The minimum absolute atomic E-state index is 0.121. The van der Waals surface area contributed by atoms with Crippen LogP contribution in [0, 0.1) is 0 Å². The van der Waals surface area contributed by atoms with Crippen LogP contribution in [0.2, 0.25) is 5.02 Å². The van der Waals surface area contributed by atoms with Gasteiger partial charge >= 0.3 is 0 Å². The Bertz CT molecular complexity index is 378. The second-order valence-electron chi connectivity index (χ2n) is 4.40. The van der Waals surface area contributed by atoms with E-state index in [1.165, 1.54) is 0 Å². The number of halogens is 1. The van der Waals surface area contributed by atoms with Gasteiger partial charge in [-0.25, -0.2) is 0 Å². The summed E-state index contributed by atoms with van der Waals surface area (Å²) in [6.07, 6.45) is 2.34. The average molecular weight is 304 g/mol. The Morgan fingerprint density at radius 1 is 1.25 bits per heavy atom. The molecule has 1 unspecified atom stereocenters. The zero-order valence-corrected chi connectivity index (χ0v) is 13.6. The molecule has 0 saturated heterocycles. The van der Waals surface area contributed by atoms with Crippen LogP contribution >= 0.6 is 11.6 Å². The zero-order chi connectivity index (χ0) is 15.0. The number of hydrogen-bond acceptors (Lipinski definition) is 4. The molecule has 1 heterocycles. The van der Waals surface area contributed by atoms with E-state index in [-0.39, 0.29) is 12.3 Å². The van der Waals surface area contributed by atoms with Gasteiger partial charge < -0.3 is 14.8 Å². The van der Waals surface area contributed by atoms with E-state index in [0.29, 0.717) is 18.2 Å². The van der Waals surface area contributed by atoms with Crippen molar-refractivity contribution in [2.75, 3.05) is 19.8 Å². The number of aryl methyl sites for hydroxylation is 1. The van der Waals surface area contributed by atoms with E-state index in [9.17, 15) is 0 Å². The minimum atomic E-state index is -0.365. The molecule has 1 N–H and O–H groups in total. The summed E-state index contributed by atoms with van der Waals surface area (Å²) >= 11 is 6.31. The second-order valence-corrected chi connectivity index (χ2v) is 4.81. The van der Waals surface area contributed by atoms with Crippen molar-refractivity contribution in [2.45, 2.75) is 53.0 Å². The summed E-state index contributed by atoms with van der Waals surface area (Å²) in [5.41, 5.74) is 0.925. The van der Waals surface area contributed by atoms with Crippen LogP contribution in [0.25, 0.3) is 0 Å². The van der Waals surface area contributed by atoms with Crippen LogP contribution < -0.4 is 5.32 Å². The summed E-state index contributed by atoms with van der Waals surface area (Å²) in [7, 11) is 0. The largest absolute Gasteiger partial charge is 0.351 e. The molecule has 0 aliphatic heterocycles. The highest BCUT2D eigenvalue weighted by molar-refractivity contribution is 6.31. The third-order valence-corrected chi connectivity index (χ3v) is 3.27. The number of rotatable bonds is 10. The average Bonchev–Trinajstić information content (AvgIpc) is 2.81. The standard InChI is InChI=1S/C14H26ClN3O2/c1-5-9-16-12(14(19-7-3)20-8-4)13-11(15)10-17-18(13)6-2/h10,12,14,16H,5-9H2,1-4H3. The maximum Gasteiger partial charge on any atom is 0.178 e. The molecule has 0 saturated carbocycles. The number of nitrogens with one attached hydrogen (secondary N) is 1. The first-order valence-electron chi connectivity index (χ1n) is 7.37. The Hall–Kier alpha value is -0.620. The van der Waals surface area contributed by atoms with Crippen molar-refractivity contribution in [3.8, 4) is 0 Å². The maximum absolute atomic E-state index is 6.31. The third kappa shape index (κ3) is 4.45. The highest BCUT2D eigenvalue weighted by Crippen LogP contribution is 2.27. The first-order chi connectivity index (χ1) is 9.69. The molecule has 0 bridgehead atoms. The van der Waals surface area contributed by atoms with Crippen molar-refractivity contribution in [1.82, 2.24) is 15.1 Å². The number of aromatic nitrogens is 2. The van der Waals surface area contributed by atoms with Crippen LogP contribution in [0.1, 0.15) is 45.9 Å². The van der Waals surface area contributed by atoms with Crippen molar-refractivity contribution in [3.05, 3.63) is 16.9 Å². The first kappa shape index (κ1) is 17.4. The molecule has 0 amide bonds. The summed E-state index contributed by atoms with van der Waals surface area (Å²) < 4.78 is 13.4. The molecular formula is C14H26ClN3O2. The van der Waals surface area contributed by atoms with E-state index in [2.05, 4.69) is 17.3 Å². The van der Waals surface area contributed by atoms with Gasteiger partial charge in [0, 0.05) is 19.8 Å². The molecule has 6 heteroatoms. The molecule has 1 atom stereocenters. The SMILES string of the molecule is CCCNC(c1c(Cl)cnn1CC)C(OCC)OCC. The Kier molecular flexibility index (Phi) is 8.14. The number of hydrogen-bond donors (Lipinski definition) is 1. The van der Waals surface area contributed by atoms with Gasteiger partial charge in [0.2, 0.25) is 0 Å². The molecular weight excluding hydrogens is 278 g/mol. The predicted molar refractivity (Wildman–Crippen MR) is 81.0 cm³/mol. The quantitative estimate of drug-likeness (QED) is 0.675. The first-order valence-corrected chi connectivity index (χ1v) is 7.75. The molecule has 1 rings (SSSR count). The summed E-state index contributed by atoms with van der Waals surface area (Å²) in [6.45, 7) is 10.9. The molecule has 0 fully saturated rings. The van der Waals surface area contributed by atoms with E-state index in [0.717, 1.165) is 25.2 Å². The lowest BCUT2D eigenvalue weighted by Crippen LogP contribution is -2.38. The fourth-order valence-electron chi connectivity index (χ4n) is 2.12. The molecule has 1 aromatic rings. The Morgan fingerprint density at radius 2 is 1.90 bits per heavy atom. The topological polar surface area (TPSA) is 48.3 Å². The lowest BCUT2D eigenvalue weighted by Gasteiger charge is -2.28. The van der Waals surface area contributed by atoms with Gasteiger partial charge in [-0.2, -0.15) is 5.10 Å². The smallest absolute Gasteiger partial charge is 0.178 e. The molecule has 0 aromatic carbocycles. The zero-order valence-electron chi connectivity index (χ0n) is 12.9. The van der Waals surface area contributed by atoms with E-state index in [1.807, 2.05) is 25.5 Å². The third-order valence-electron chi connectivity index (χ3n) is 2.98. The van der Waals surface area contributed by atoms with E-state index < -0.39 is 0 Å². The minimum Gasteiger partial charge on any atom is -0.351 e. The summed E-state index contributed by atoms with van der Waals surface area (Å²) in [5, 5.41) is 8.40. The van der Waals surface area contributed by atoms with Gasteiger partial charge in [-0.1, -0.05) is 18.5 Å². The summed E-state index contributed by atoms with van der Waals surface area (Å²) in [5.74, 6) is 0. The van der Waals surface area contributed by atoms with Crippen LogP contribution in [0.5, 0.6) is 0 Å². The number of ether oxygens (including phenoxy) is 2. The molecule has 0 aliphatic carbocycles. The summed E-state index contributed by atoms with van der Waals surface area (Å²) in [4.78, 5) is 0.